The fourth-order valence-corrected chi connectivity index (χ4v) is 3.83. The van der Waals surface area contributed by atoms with E-state index in [1.165, 1.54) is 5.56 Å². The molecular weight excluding hydrogens is 374 g/mol. The maximum absolute atomic E-state index is 9.06. The van der Waals surface area contributed by atoms with Crippen molar-refractivity contribution in [1.82, 2.24) is 29.5 Å². The van der Waals surface area contributed by atoms with Gasteiger partial charge in [0.25, 0.3) is 0 Å². The number of rotatable bonds is 5. The molecule has 0 aliphatic carbocycles. The molecule has 0 saturated heterocycles. The van der Waals surface area contributed by atoms with Crippen molar-refractivity contribution < 1.29 is 0 Å². The van der Waals surface area contributed by atoms with E-state index in [0.29, 0.717) is 12.0 Å². The monoisotopic (exact) mass is 397 g/mol. The average molecular weight is 397 g/mol. The number of aryl methyl sites for hydroxylation is 3. The van der Waals surface area contributed by atoms with Crippen molar-refractivity contribution in [3.8, 4) is 23.1 Å². The second kappa shape index (κ2) is 7.91. The summed E-state index contributed by atoms with van der Waals surface area (Å²) in [5, 5.41) is 18.4. The molecule has 0 amide bonds. The molecule has 0 unspecified atom stereocenters. The van der Waals surface area contributed by atoms with Crippen molar-refractivity contribution in [3.05, 3.63) is 76.6 Å². The molecule has 0 saturated carbocycles. The summed E-state index contributed by atoms with van der Waals surface area (Å²) in [5.41, 5.74) is 7.85. The summed E-state index contributed by atoms with van der Waals surface area (Å²) < 4.78 is 3.75. The molecule has 1 aromatic carbocycles. The molecule has 3 heterocycles. The van der Waals surface area contributed by atoms with Gasteiger partial charge in [-0.2, -0.15) is 15.5 Å². The molecule has 0 atom stereocenters. The lowest BCUT2D eigenvalue weighted by atomic mass is 10.0. The normalized spacial score (nSPS) is 10.9. The molecule has 150 valence electrons. The van der Waals surface area contributed by atoms with Crippen LogP contribution in [0.25, 0.3) is 17.1 Å². The maximum Gasteiger partial charge on any atom is 0.157 e. The van der Waals surface area contributed by atoms with Crippen molar-refractivity contribution in [2.75, 3.05) is 0 Å². The molecule has 0 radical (unpaired) electrons. The van der Waals surface area contributed by atoms with Crippen molar-refractivity contribution in [1.29, 1.82) is 5.26 Å². The van der Waals surface area contributed by atoms with Gasteiger partial charge in [0.2, 0.25) is 0 Å². The van der Waals surface area contributed by atoms with Crippen LogP contribution in [-0.4, -0.2) is 29.5 Å². The fraction of sp³-hybridized carbons (Fsp3) is 0.261. The van der Waals surface area contributed by atoms with E-state index in [-0.39, 0.29) is 0 Å². The van der Waals surface area contributed by atoms with Crippen LogP contribution in [0.4, 0.5) is 0 Å². The van der Waals surface area contributed by atoms with Crippen LogP contribution in [0.2, 0.25) is 0 Å². The number of nitrogens with zero attached hydrogens (tertiary/aromatic N) is 7. The van der Waals surface area contributed by atoms with Gasteiger partial charge in [-0.3, -0.25) is 4.68 Å². The summed E-state index contributed by atoms with van der Waals surface area (Å²) >= 11 is 0. The SMILES string of the molecule is CCc1c(Cc2cc(-n3nc(C)cc3C)ncn2)nn(C)c1-c1ccc(C#N)cc1. The first-order valence-corrected chi connectivity index (χ1v) is 9.90. The van der Waals surface area contributed by atoms with Crippen LogP contribution in [0.15, 0.2) is 42.7 Å². The minimum absolute atomic E-state index is 0.613. The minimum Gasteiger partial charge on any atom is -0.267 e. The van der Waals surface area contributed by atoms with Crippen LogP contribution < -0.4 is 0 Å². The molecule has 0 bridgehead atoms. The van der Waals surface area contributed by atoms with E-state index in [1.807, 2.05) is 66.7 Å². The van der Waals surface area contributed by atoms with Crippen LogP contribution >= 0.6 is 0 Å². The van der Waals surface area contributed by atoms with Gasteiger partial charge in [0.1, 0.15) is 6.33 Å². The minimum atomic E-state index is 0.613. The Labute approximate surface area is 175 Å². The van der Waals surface area contributed by atoms with E-state index in [2.05, 4.69) is 28.1 Å². The first-order chi connectivity index (χ1) is 14.5. The van der Waals surface area contributed by atoms with Crippen molar-refractivity contribution in [2.45, 2.75) is 33.6 Å². The van der Waals surface area contributed by atoms with Crippen LogP contribution in [0.1, 0.15) is 40.8 Å². The smallest absolute Gasteiger partial charge is 0.157 e. The van der Waals surface area contributed by atoms with Crippen LogP contribution in [0.3, 0.4) is 0 Å². The highest BCUT2D eigenvalue weighted by molar-refractivity contribution is 5.65. The van der Waals surface area contributed by atoms with Gasteiger partial charge in [-0.25, -0.2) is 14.6 Å². The van der Waals surface area contributed by atoms with Crippen LogP contribution in [0.5, 0.6) is 0 Å². The van der Waals surface area contributed by atoms with Crippen molar-refractivity contribution in [2.24, 2.45) is 7.05 Å². The quantitative estimate of drug-likeness (QED) is 0.512. The predicted molar refractivity (Wildman–Crippen MR) is 114 cm³/mol. The van der Waals surface area contributed by atoms with Gasteiger partial charge < -0.3 is 0 Å². The van der Waals surface area contributed by atoms with Gasteiger partial charge in [-0.15, -0.1) is 0 Å². The number of hydrogen-bond acceptors (Lipinski definition) is 5. The highest BCUT2D eigenvalue weighted by Gasteiger charge is 2.17. The Balaban J connectivity index is 1.70. The van der Waals surface area contributed by atoms with Crippen LogP contribution in [-0.2, 0) is 19.9 Å². The average Bonchev–Trinajstić information content (AvgIpc) is 3.25. The van der Waals surface area contributed by atoms with Crippen molar-refractivity contribution in [3.63, 3.8) is 0 Å². The molecule has 0 aliphatic rings. The molecule has 30 heavy (non-hydrogen) atoms. The molecule has 3 aromatic heterocycles. The zero-order valence-electron chi connectivity index (χ0n) is 17.6. The number of benzene rings is 1. The largest absolute Gasteiger partial charge is 0.267 e. The van der Waals surface area contributed by atoms with E-state index in [0.717, 1.165) is 46.3 Å². The van der Waals surface area contributed by atoms with E-state index < -0.39 is 0 Å². The van der Waals surface area contributed by atoms with E-state index in [1.54, 1.807) is 6.33 Å². The molecule has 4 aromatic rings. The molecule has 0 fully saturated rings. The lowest BCUT2D eigenvalue weighted by Crippen LogP contribution is -2.05. The lowest BCUT2D eigenvalue weighted by molar-refractivity contribution is 0.751. The molecule has 7 heteroatoms. The second-order valence-corrected chi connectivity index (χ2v) is 7.32. The van der Waals surface area contributed by atoms with E-state index >= 15 is 0 Å². The highest BCUT2D eigenvalue weighted by atomic mass is 15.3. The Morgan fingerprint density at radius 3 is 2.43 bits per heavy atom. The van der Waals surface area contributed by atoms with E-state index in [4.69, 9.17) is 10.4 Å². The third kappa shape index (κ3) is 3.60. The molecule has 4 rings (SSSR count). The lowest BCUT2D eigenvalue weighted by Gasteiger charge is -2.07. The van der Waals surface area contributed by atoms with Gasteiger partial charge in [0.05, 0.1) is 34.4 Å². The third-order valence-corrected chi connectivity index (χ3v) is 5.15. The summed E-state index contributed by atoms with van der Waals surface area (Å²) in [6, 6.07) is 13.8. The molecule has 0 N–H and O–H groups in total. The van der Waals surface area contributed by atoms with Gasteiger partial charge >= 0.3 is 0 Å². The molecule has 7 nitrogen and oxygen atoms in total. The summed E-state index contributed by atoms with van der Waals surface area (Å²) in [6.07, 6.45) is 3.05. The zero-order chi connectivity index (χ0) is 21.3. The highest BCUT2D eigenvalue weighted by Crippen LogP contribution is 2.28. The first kappa shape index (κ1) is 19.5. The maximum atomic E-state index is 9.06. The predicted octanol–water partition coefficient (Wildman–Crippen LogP) is 3.70. The standard InChI is InChI=1S/C23H23N7/c1-5-20-21(28-29(4)23(20)18-8-6-17(13-24)7-9-18)11-19-12-22(26-14-25-19)30-16(3)10-15(2)27-30/h6-10,12,14H,5,11H2,1-4H3. The Kier molecular flexibility index (Phi) is 5.15. The van der Waals surface area contributed by atoms with Gasteiger partial charge in [-0.05, 0) is 38.5 Å². The Hall–Kier alpha value is -3.79. The number of hydrogen-bond donors (Lipinski definition) is 0. The topological polar surface area (TPSA) is 85.2 Å². The fourth-order valence-electron chi connectivity index (χ4n) is 3.83. The zero-order valence-corrected chi connectivity index (χ0v) is 17.6. The number of aromatic nitrogens is 6. The summed E-state index contributed by atoms with van der Waals surface area (Å²) in [5.74, 6) is 0.756. The van der Waals surface area contributed by atoms with Gasteiger partial charge in [0, 0.05) is 36.4 Å². The first-order valence-electron chi connectivity index (χ1n) is 9.90. The van der Waals surface area contributed by atoms with Gasteiger partial charge in [0.15, 0.2) is 5.82 Å². The summed E-state index contributed by atoms with van der Waals surface area (Å²) in [4.78, 5) is 8.86. The van der Waals surface area contributed by atoms with Gasteiger partial charge in [-0.1, -0.05) is 19.1 Å². The molecule has 0 aliphatic heterocycles. The van der Waals surface area contributed by atoms with E-state index in [9.17, 15) is 0 Å². The second-order valence-electron chi connectivity index (χ2n) is 7.32. The third-order valence-electron chi connectivity index (χ3n) is 5.15. The Bertz CT molecular complexity index is 1240. The Morgan fingerprint density at radius 1 is 1.03 bits per heavy atom. The molecular formula is C23H23N7. The summed E-state index contributed by atoms with van der Waals surface area (Å²) in [7, 11) is 1.96. The Morgan fingerprint density at radius 2 is 1.80 bits per heavy atom. The molecule has 0 spiro atoms. The van der Waals surface area contributed by atoms with Crippen LogP contribution in [0, 0.1) is 25.2 Å². The summed E-state index contributed by atoms with van der Waals surface area (Å²) in [6.45, 7) is 6.12. The number of nitriles is 1. The van der Waals surface area contributed by atoms with Crippen molar-refractivity contribution >= 4 is 0 Å².